The summed E-state index contributed by atoms with van der Waals surface area (Å²) in [5.41, 5.74) is 1.07. The molecule has 2 saturated carbocycles. The van der Waals surface area contributed by atoms with Crippen LogP contribution in [0, 0.1) is 11.7 Å². The predicted molar refractivity (Wildman–Crippen MR) is 144 cm³/mol. The van der Waals surface area contributed by atoms with Crippen molar-refractivity contribution in [2.24, 2.45) is 5.92 Å². The number of hydrogen-bond donors (Lipinski definition) is 1. The van der Waals surface area contributed by atoms with E-state index in [1.807, 2.05) is 0 Å². The van der Waals surface area contributed by atoms with E-state index in [1.54, 1.807) is 18.2 Å². The first-order valence-corrected chi connectivity index (χ1v) is 14.1. The molecule has 0 unspecified atom stereocenters. The number of carbonyl (C=O) groups excluding carboxylic acids is 1. The number of thiazole rings is 1. The maximum absolute atomic E-state index is 14.5. The molecular weight excluding hydrogens is 568 g/mol. The Morgan fingerprint density at radius 2 is 1.95 bits per heavy atom. The van der Waals surface area contributed by atoms with Crippen LogP contribution in [0.15, 0.2) is 34.9 Å². The number of anilines is 1. The lowest BCUT2D eigenvalue weighted by Gasteiger charge is -2.31. The molecule has 8 nitrogen and oxygen atoms in total. The van der Waals surface area contributed by atoms with E-state index in [2.05, 4.69) is 15.0 Å². The molecular formula is C27H20Cl2FN3O5S. The molecule has 7 rings (SSSR count). The summed E-state index contributed by atoms with van der Waals surface area (Å²) in [5, 5.41) is 14.8. The number of ether oxygens (including phenoxy) is 1. The highest BCUT2D eigenvalue weighted by Crippen LogP contribution is 2.48. The van der Waals surface area contributed by atoms with E-state index in [9.17, 15) is 19.1 Å². The van der Waals surface area contributed by atoms with Crippen LogP contribution in [-0.2, 0) is 4.74 Å². The Morgan fingerprint density at radius 1 is 1.18 bits per heavy atom. The first kappa shape index (κ1) is 24.8. The molecule has 1 N–H and O–H groups in total. The monoisotopic (exact) mass is 587 g/mol. The lowest BCUT2D eigenvalue weighted by atomic mass is 10.0. The Balaban J connectivity index is 1.12. The average molecular weight is 588 g/mol. The molecule has 1 saturated heterocycles. The number of aromatic nitrogens is 2. The van der Waals surface area contributed by atoms with Gasteiger partial charge in [-0.25, -0.2) is 19.0 Å². The van der Waals surface area contributed by atoms with Crippen LogP contribution in [-0.4, -0.2) is 45.9 Å². The summed E-state index contributed by atoms with van der Waals surface area (Å²) in [7, 11) is 0. The molecule has 2 aliphatic carbocycles. The van der Waals surface area contributed by atoms with E-state index < -0.39 is 17.8 Å². The standard InChI is InChI=1S/C27H20Cl2FN3O5S/c28-15-2-1-3-16(29)20(15)23-21(24(38-32-23)11-4-5-11)26(36)37-18-9-14-6-13(18)10-33(14)27-31-22-17(30)7-12(25(34)35)8-19(22)39-27/h1-3,7-8,11,13-14,18H,4-6,9-10H2,(H,34,35)/t13-,14-,18-/m0/s1. The molecule has 3 fully saturated rings. The van der Waals surface area contributed by atoms with Crippen LogP contribution in [0.4, 0.5) is 9.52 Å². The molecule has 3 atom stereocenters. The van der Waals surface area contributed by atoms with Crippen molar-refractivity contribution in [1.29, 1.82) is 0 Å². The first-order chi connectivity index (χ1) is 18.8. The van der Waals surface area contributed by atoms with Gasteiger partial charge in [-0.2, -0.15) is 0 Å². The lowest BCUT2D eigenvalue weighted by molar-refractivity contribution is 0.0191. The largest absolute Gasteiger partial charge is 0.478 e. The number of carboxylic acids is 1. The van der Waals surface area contributed by atoms with Gasteiger partial charge in [0.1, 0.15) is 22.9 Å². The van der Waals surface area contributed by atoms with Gasteiger partial charge in [0.15, 0.2) is 16.7 Å². The van der Waals surface area contributed by atoms with Gasteiger partial charge in [-0.15, -0.1) is 0 Å². The quantitative estimate of drug-likeness (QED) is 0.245. The Hall–Kier alpha value is -3.21. The SMILES string of the molecule is O=C(O)c1cc(F)c2nc(N3C[C@@H]4C[C@H]3C[C@@H]4OC(=O)c3c(-c4c(Cl)cccc4Cl)noc3C3CC3)sc2c1. The van der Waals surface area contributed by atoms with Gasteiger partial charge in [0.2, 0.25) is 0 Å². The smallest absolute Gasteiger partial charge is 0.344 e. The minimum Gasteiger partial charge on any atom is -0.478 e. The zero-order valence-corrected chi connectivity index (χ0v) is 22.5. The minimum absolute atomic E-state index is 0.0678. The summed E-state index contributed by atoms with van der Waals surface area (Å²) in [6.45, 7) is 0.595. The fraction of sp³-hybridized carbons (Fsp3) is 0.333. The molecule has 39 heavy (non-hydrogen) atoms. The Labute approximate surface area is 235 Å². The number of rotatable bonds is 6. The number of piperidine rings is 1. The zero-order chi connectivity index (χ0) is 27.0. The maximum atomic E-state index is 14.5. The number of halogens is 3. The predicted octanol–water partition coefficient (Wildman–Crippen LogP) is 6.80. The van der Waals surface area contributed by atoms with Crippen LogP contribution in [0.5, 0.6) is 0 Å². The van der Waals surface area contributed by atoms with Gasteiger partial charge in [-0.1, -0.05) is 45.8 Å². The van der Waals surface area contributed by atoms with Crippen molar-refractivity contribution in [3.8, 4) is 11.3 Å². The number of benzene rings is 2. The topological polar surface area (TPSA) is 106 Å². The third-order valence-electron chi connectivity index (χ3n) is 7.74. The molecule has 2 aromatic heterocycles. The summed E-state index contributed by atoms with van der Waals surface area (Å²) < 4.78 is 26.7. The van der Waals surface area contributed by atoms with Crippen LogP contribution in [0.2, 0.25) is 10.0 Å². The van der Waals surface area contributed by atoms with Gasteiger partial charge in [0, 0.05) is 36.4 Å². The third-order valence-corrected chi connectivity index (χ3v) is 9.40. The normalized spacial score (nSPS) is 22.1. The van der Waals surface area contributed by atoms with Crippen molar-refractivity contribution in [3.05, 3.63) is 63.1 Å². The van der Waals surface area contributed by atoms with Gasteiger partial charge < -0.3 is 19.3 Å². The van der Waals surface area contributed by atoms with Crippen molar-refractivity contribution >= 4 is 61.8 Å². The highest BCUT2D eigenvalue weighted by molar-refractivity contribution is 7.22. The van der Waals surface area contributed by atoms with Crippen LogP contribution in [0.25, 0.3) is 21.5 Å². The van der Waals surface area contributed by atoms with Crippen LogP contribution < -0.4 is 4.90 Å². The Kier molecular flexibility index (Phi) is 5.84. The molecule has 2 aromatic carbocycles. The number of esters is 1. The Morgan fingerprint density at radius 3 is 2.62 bits per heavy atom. The number of aromatic carboxylic acids is 1. The zero-order valence-electron chi connectivity index (χ0n) is 20.2. The number of hydrogen-bond acceptors (Lipinski definition) is 8. The van der Waals surface area contributed by atoms with E-state index in [-0.39, 0.29) is 40.6 Å². The van der Waals surface area contributed by atoms with E-state index >= 15 is 0 Å². The number of carbonyl (C=O) groups is 2. The van der Waals surface area contributed by atoms with Crippen LogP contribution in [0.1, 0.15) is 58.1 Å². The van der Waals surface area contributed by atoms with E-state index in [4.69, 9.17) is 32.5 Å². The molecule has 4 aromatic rings. The second-order valence-corrected chi connectivity index (χ2v) is 12.1. The molecule has 0 amide bonds. The summed E-state index contributed by atoms with van der Waals surface area (Å²) in [6.07, 6.45) is 2.91. The molecule has 0 radical (unpaired) electrons. The summed E-state index contributed by atoms with van der Waals surface area (Å²) >= 11 is 14.1. The molecule has 0 spiro atoms. The highest BCUT2D eigenvalue weighted by atomic mass is 35.5. The van der Waals surface area contributed by atoms with Gasteiger partial charge in [-0.3, -0.25) is 0 Å². The van der Waals surface area contributed by atoms with Crippen LogP contribution >= 0.6 is 34.5 Å². The molecule has 12 heteroatoms. The lowest BCUT2D eigenvalue weighted by Crippen LogP contribution is -2.39. The van der Waals surface area contributed by atoms with Gasteiger partial charge in [0.05, 0.1) is 20.3 Å². The molecule has 2 bridgehead atoms. The first-order valence-electron chi connectivity index (χ1n) is 12.5. The Bertz CT molecular complexity index is 1650. The summed E-state index contributed by atoms with van der Waals surface area (Å²) in [5.74, 6) is -1.65. The van der Waals surface area contributed by atoms with E-state index in [0.717, 1.165) is 25.3 Å². The maximum Gasteiger partial charge on any atom is 0.344 e. The third kappa shape index (κ3) is 4.16. The fourth-order valence-electron chi connectivity index (χ4n) is 5.72. The van der Waals surface area contributed by atoms with Crippen LogP contribution in [0.3, 0.4) is 0 Å². The van der Waals surface area contributed by atoms with Crippen molar-refractivity contribution < 1.29 is 28.3 Å². The van der Waals surface area contributed by atoms with E-state index in [0.29, 0.717) is 49.9 Å². The van der Waals surface area contributed by atoms with Crippen molar-refractivity contribution in [1.82, 2.24) is 10.1 Å². The second-order valence-electron chi connectivity index (χ2n) is 10.2. The highest BCUT2D eigenvalue weighted by Gasteiger charge is 2.48. The van der Waals surface area contributed by atoms with E-state index in [1.165, 1.54) is 17.4 Å². The molecule has 200 valence electrons. The second kappa shape index (κ2) is 9.18. The summed E-state index contributed by atoms with van der Waals surface area (Å²) in [6, 6.07) is 7.59. The number of fused-ring (bicyclic) bond motifs is 3. The molecule has 3 aliphatic rings. The van der Waals surface area contributed by atoms with Crippen molar-refractivity contribution in [2.75, 3.05) is 11.4 Å². The minimum atomic E-state index is -1.19. The van der Waals surface area contributed by atoms with Gasteiger partial charge >= 0.3 is 11.9 Å². The summed E-state index contributed by atoms with van der Waals surface area (Å²) in [4.78, 5) is 31.5. The van der Waals surface area contributed by atoms with Crippen molar-refractivity contribution in [2.45, 2.75) is 43.7 Å². The van der Waals surface area contributed by atoms with Gasteiger partial charge in [0.25, 0.3) is 0 Å². The average Bonchev–Trinajstić information content (AvgIpc) is 3.23. The number of nitrogens with zero attached hydrogens (tertiary/aromatic N) is 3. The molecule has 3 heterocycles. The van der Waals surface area contributed by atoms with Crippen molar-refractivity contribution in [3.63, 3.8) is 0 Å². The fourth-order valence-corrected chi connectivity index (χ4v) is 7.40. The molecule has 1 aliphatic heterocycles. The number of carboxylic acid groups (broad SMARTS) is 1. The van der Waals surface area contributed by atoms with Gasteiger partial charge in [-0.05, 0) is 43.5 Å².